The minimum atomic E-state index is -1.28. The highest BCUT2D eigenvalue weighted by molar-refractivity contribution is 6.00. The lowest BCUT2D eigenvalue weighted by Crippen LogP contribution is -2.37. The van der Waals surface area contributed by atoms with Gasteiger partial charge in [0.15, 0.2) is 0 Å². The largest absolute Gasteiger partial charge is 0.478 e. The number of amides is 2. The number of nitrogens with zero attached hydrogens (tertiary/aromatic N) is 2. The zero-order valence-electron chi connectivity index (χ0n) is 11.8. The molecule has 1 aliphatic heterocycles. The zero-order valence-corrected chi connectivity index (χ0v) is 11.8. The number of likely N-dealkylation sites (N-methyl/N-ethyl adjacent to an activating group) is 1. The second-order valence-electron chi connectivity index (χ2n) is 5.07. The number of hydrogen-bond donors (Lipinski definition) is 2. The second-order valence-corrected chi connectivity index (χ2v) is 5.07. The van der Waals surface area contributed by atoms with Gasteiger partial charge in [0, 0.05) is 19.6 Å². The van der Waals surface area contributed by atoms with Gasteiger partial charge in [0.05, 0.1) is 11.3 Å². The predicted molar refractivity (Wildman–Crippen MR) is 76.1 cm³/mol. The van der Waals surface area contributed by atoms with Crippen molar-refractivity contribution in [3.63, 3.8) is 0 Å². The molecule has 0 bridgehead atoms. The average Bonchev–Trinajstić information content (AvgIpc) is 2.65. The lowest BCUT2D eigenvalue weighted by Gasteiger charge is -2.21. The van der Waals surface area contributed by atoms with Gasteiger partial charge >= 0.3 is 12.0 Å². The lowest BCUT2D eigenvalue weighted by molar-refractivity contribution is 0.0697. The van der Waals surface area contributed by atoms with Crippen LogP contribution in [0.25, 0.3) is 0 Å². The highest BCUT2D eigenvalue weighted by atomic mass is 19.1. The Morgan fingerprint density at radius 2 is 2.00 bits per heavy atom. The van der Waals surface area contributed by atoms with Gasteiger partial charge in [-0.15, -0.1) is 0 Å². The van der Waals surface area contributed by atoms with Crippen molar-refractivity contribution in [2.24, 2.45) is 0 Å². The molecule has 1 heterocycles. The van der Waals surface area contributed by atoms with Gasteiger partial charge in [-0.1, -0.05) is 0 Å². The fourth-order valence-corrected chi connectivity index (χ4v) is 2.25. The lowest BCUT2D eigenvalue weighted by atomic mass is 10.1. The molecule has 0 unspecified atom stereocenters. The number of hydrogen-bond acceptors (Lipinski definition) is 3. The van der Waals surface area contributed by atoms with Crippen molar-refractivity contribution < 1.29 is 19.1 Å². The van der Waals surface area contributed by atoms with Gasteiger partial charge in [-0.3, -0.25) is 0 Å². The summed E-state index contributed by atoms with van der Waals surface area (Å²) in [5.41, 5.74) is -0.151. The molecular weight excluding hydrogens is 277 g/mol. The summed E-state index contributed by atoms with van der Waals surface area (Å²) < 4.78 is 13.1. The van der Waals surface area contributed by atoms with Crippen LogP contribution in [0.2, 0.25) is 0 Å². The van der Waals surface area contributed by atoms with E-state index in [0.29, 0.717) is 13.1 Å². The maximum Gasteiger partial charge on any atom is 0.337 e. The van der Waals surface area contributed by atoms with Gasteiger partial charge in [0.2, 0.25) is 0 Å². The molecule has 1 aliphatic rings. The Morgan fingerprint density at radius 3 is 2.71 bits per heavy atom. The maximum atomic E-state index is 13.1. The topological polar surface area (TPSA) is 72.9 Å². The van der Waals surface area contributed by atoms with Crippen LogP contribution < -0.4 is 5.32 Å². The van der Waals surface area contributed by atoms with Gasteiger partial charge in [-0.2, -0.15) is 0 Å². The van der Waals surface area contributed by atoms with Crippen LogP contribution in [0.4, 0.5) is 14.9 Å². The standard InChI is InChI=1S/C14H18FN3O3/c1-17-5-2-6-18(8-7-17)14(21)16-12-4-3-10(15)9-11(12)13(19)20/h3-4,9H,2,5-8H2,1H3,(H,16,21)(H,19,20). The average molecular weight is 295 g/mol. The summed E-state index contributed by atoms with van der Waals surface area (Å²) in [6, 6.07) is 2.92. The SMILES string of the molecule is CN1CCCN(C(=O)Nc2ccc(F)cc2C(=O)O)CC1. The molecule has 0 aliphatic carbocycles. The summed E-state index contributed by atoms with van der Waals surface area (Å²) in [4.78, 5) is 27.1. The number of nitrogens with one attached hydrogen (secondary N) is 1. The number of anilines is 1. The van der Waals surface area contributed by atoms with Gasteiger partial charge < -0.3 is 20.2 Å². The van der Waals surface area contributed by atoms with Crippen LogP contribution in [-0.2, 0) is 0 Å². The molecule has 0 spiro atoms. The van der Waals surface area contributed by atoms with Crippen LogP contribution >= 0.6 is 0 Å². The third kappa shape index (κ3) is 3.91. The smallest absolute Gasteiger partial charge is 0.337 e. The summed E-state index contributed by atoms with van der Waals surface area (Å²) in [5, 5.41) is 11.6. The second kappa shape index (κ2) is 6.53. The van der Waals surface area contributed by atoms with Crippen LogP contribution in [-0.4, -0.2) is 60.1 Å². The van der Waals surface area contributed by atoms with E-state index in [-0.39, 0.29) is 17.3 Å². The van der Waals surface area contributed by atoms with E-state index in [1.165, 1.54) is 6.07 Å². The van der Waals surface area contributed by atoms with Gasteiger partial charge in [0.1, 0.15) is 5.82 Å². The molecule has 1 fully saturated rings. The third-order valence-electron chi connectivity index (χ3n) is 3.46. The van der Waals surface area contributed by atoms with Gasteiger partial charge in [-0.25, -0.2) is 14.0 Å². The minimum Gasteiger partial charge on any atom is -0.478 e. The summed E-state index contributed by atoms with van der Waals surface area (Å²) in [6.07, 6.45) is 0.860. The van der Waals surface area contributed by atoms with E-state index in [0.717, 1.165) is 31.6 Å². The van der Waals surface area contributed by atoms with Crippen molar-refractivity contribution in [1.82, 2.24) is 9.80 Å². The highest BCUT2D eigenvalue weighted by Gasteiger charge is 2.20. The van der Waals surface area contributed by atoms with Crippen molar-refractivity contribution in [3.8, 4) is 0 Å². The number of benzene rings is 1. The van der Waals surface area contributed by atoms with E-state index < -0.39 is 11.8 Å². The molecule has 7 heteroatoms. The molecule has 0 aromatic heterocycles. The van der Waals surface area contributed by atoms with Crippen LogP contribution in [0.1, 0.15) is 16.8 Å². The Bertz CT molecular complexity index is 550. The fraction of sp³-hybridized carbons (Fsp3) is 0.429. The van der Waals surface area contributed by atoms with E-state index in [2.05, 4.69) is 10.2 Å². The van der Waals surface area contributed by atoms with E-state index in [9.17, 15) is 14.0 Å². The molecule has 2 amide bonds. The fourth-order valence-electron chi connectivity index (χ4n) is 2.25. The first-order chi connectivity index (χ1) is 9.97. The Labute approximate surface area is 122 Å². The summed E-state index contributed by atoms with van der Waals surface area (Å²) in [7, 11) is 1.99. The minimum absolute atomic E-state index is 0.103. The number of halogens is 1. The Hall–Kier alpha value is -2.15. The van der Waals surface area contributed by atoms with Crippen LogP contribution in [0.5, 0.6) is 0 Å². The first kappa shape index (κ1) is 15.2. The molecular formula is C14H18FN3O3. The number of carbonyl (C=O) groups is 2. The molecule has 0 saturated carbocycles. The third-order valence-corrected chi connectivity index (χ3v) is 3.46. The van der Waals surface area contributed by atoms with Crippen molar-refractivity contribution in [2.75, 3.05) is 38.5 Å². The van der Waals surface area contributed by atoms with Crippen molar-refractivity contribution in [1.29, 1.82) is 0 Å². The monoisotopic (exact) mass is 295 g/mol. The number of carboxylic acids is 1. The highest BCUT2D eigenvalue weighted by Crippen LogP contribution is 2.18. The molecule has 114 valence electrons. The molecule has 6 nitrogen and oxygen atoms in total. The molecule has 2 N–H and O–H groups in total. The Morgan fingerprint density at radius 1 is 1.24 bits per heavy atom. The molecule has 1 saturated heterocycles. The number of rotatable bonds is 2. The van der Waals surface area contributed by atoms with E-state index >= 15 is 0 Å². The van der Waals surface area contributed by atoms with Crippen molar-refractivity contribution in [2.45, 2.75) is 6.42 Å². The Kier molecular flexibility index (Phi) is 4.74. The quantitative estimate of drug-likeness (QED) is 0.871. The molecule has 21 heavy (non-hydrogen) atoms. The van der Waals surface area contributed by atoms with Gasteiger partial charge in [0.25, 0.3) is 0 Å². The van der Waals surface area contributed by atoms with Crippen molar-refractivity contribution in [3.05, 3.63) is 29.6 Å². The van der Waals surface area contributed by atoms with E-state index in [1.54, 1.807) is 4.90 Å². The number of carbonyl (C=O) groups excluding carboxylic acids is 1. The normalized spacial score (nSPS) is 16.4. The summed E-state index contributed by atoms with van der Waals surface area (Å²) >= 11 is 0. The zero-order chi connectivity index (χ0) is 15.4. The number of urea groups is 1. The molecule has 2 rings (SSSR count). The molecule has 0 radical (unpaired) electrons. The van der Waals surface area contributed by atoms with E-state index in [1.807, 2.05) is 7.05 Å². The Balaban J connectivity index is 2.10. The van der Waals surface area contributed by atoms with Crippen molar-refractivity contribution >= 4 is 17.7 Å². The first-order valence-electron chi connectivity index (χ1n) is 6.74. The predicted octanol–water partition coefficient (Wildman–Crippen LogP) is 1.69. The molecule has 1 aromatic carbocycles. The molecule has 1 aromatic rings. The molecule has 0 atom stereocenters. The maximum absolute atomic E-state index is 13.1. The number of aromatic carboxylic acids is 1. The summed E-state index contributed by atoms with van der Waals surface area (Å²) in [5.74, 6) is -1.93. The van der Waals surface area contributed by atoms with E-state index in [4.69, 9.17) is 5.11 Å². The van der Waals surface area contributed by atoms with Gasteiger partial charge in [-0.05, 0) is 38.2 Å². The summed E-state index contributed by atoms with van der Waals surface area (Å²) in [6.45, 7) is 2.87. The first-order valence-corrected chi connectivity index (χ1v) is 6.74. The van der Waals surface area contributed by atoms with Crippen LogP contribution in [0.15, 0.2) is 18.2 Å². The number of carboxylic acid groups (broad SMARTS) is 1. The van der Waals surface area contributed by atoms with Crippen LogP contribution in [0.3, 0.4) is 0 Å². The van der Waals surface area contributed by atoms with Crippen LogP contribution in [0, 0.1) is 5.82 Å².